The summed E-state index contributed by atoms with van der Waals surface area (Å²) in [5.41, 5.74) is 4.68. The zero-order chi connectivity index (χ0) is 19.7. The van der Waals surface area contributed by atoms with E-state index < -0.39 is 12.1 Å². The number of benzene rings is 2. The van der Waals surface area contributed by atoms with E-state index in [1.54, 1.807) is 11.8 Å². The number of carbonyl (C=O) groups excluding carboxylic acids is 2. The summed E-state index contributed by atoms with van der Waals surface area (Å²) in [5, 5.41) is 0. The standard InChI is InChI=1S/C23H25NO4/c1-15-12-19-6-3-4-9-21(19)24(15)23(26)16(2)28-22(25)14-27-20-11-10-17-7-5-8-18(17)13-20/h3-4,6,9-11,13,15-16H,5,7-8,12,14H2,1-2H3/t15-,16+/m0/s1. The molecule has 0 N–H and O–H groups in total. The van der Waals surface area contributed by atoms with E-state index >= 15 is 0 Å². The molecule has 1 aliphatic carbocycles. The lowest BCUT2D eigenvalue weighted by atomic mass is 10.1. The van der Waals surface area contributed by atoms with Crippen molar-refractivity contribution >= 4 is 17.6 Å². The fourth-order valence-electron chi connectivity index (χ4n) is 4.16. The van der Waals surface area contributed by atoms with Gasteiger partial charge in [-0.15, -0.1) is 0 Å². The van der Waals surface area contributed by atoms with Crippen LogP contribution in [-0.4, -0.2) is 30.6 Å². The highest BCUT2D eigenvalue weighted by molar-refractivity contribution is 5.99. The summed E-state index contributed by atoms with van der Waals surface area (Å²) in [5.74, 6) is -0.0801. The molecule has 2 atom stereocenters. The van der Waals surface area contributed by atoms with Gasteiger partial charge in [-0.2, -0.15) is 0 Å². The molecule has 5 nitrogen and oxygen atoms in total. The van der Waals surface area contributed by atoms with Crippen LogP contribution in [0.2, 0.25) is 0 Å². The van der Waals surface area contributed by atoms with Gasteiger partial charge in [0.05, 0.1) is 0 Å². The first kappa shape index (κ1) is 18.5. The number of hydrogen-bond acceptors (Lipinski definition) is 4. The summed E-state index contributed by atoms with van der Waals surface area (Å²) in [6, 6.07) is 13.8. The van der Waals surface area contributed by atoms with Gasteiger partial charge in [-0.25, -0.2) is 4.79 Å². The summed E-state index contributed by atoms with van der Waals surface area (Å²) in [4.78, 5) is 26.8. The average molecular weight is 379 g/mol. The van der Waals surface area contributed by atoms with Crippen LogP contribution in [0.15, 0.2) is 42.5 Å². The Morgan fingerprint density at radius 1 is 1.11 bits per heavy atom. The van der Waals surface area contributed by atoms with E-state index in [-0.39, 0.29) is 18.6 Å². The molecule has 2 aromatic rings. The summed E-state index contributed by atoms with van der Waals surface area (Å²) in [7, 11) is 0. The molecule has 0 fully saturated rings. The summed E-state index contributed by atoms with van der Waals surface area (Å²) < 4.78 is 10.9. The minimum Gasteiger partial charge on any atom is -0.482 e. The monoisotopic (exact) mass is 379 g/mol. The van der Waals surface area contributed by atoms with E-state index in [0.717, 1.165) is 30.5 Å². The maximum atomic E-state index is 12.9. The van der Waals surface area contributed by atoms with E-state index in [1.165, 1.54) is 17.5 Å². The van der Waals surface area contributed by atoms with Gasteiger partial charge in [0.2, 0.25) is 0 Å². The SMILES string of the molecule is C[C@@H](OC(=O)COc1ccc2c(c1)CCC2)C(=O)N1c2ccccc2C[C@@H]1C. The van der Waals surface area contributed by atoms with E-state index in [2.05, 4.69) is 6.07 Å². The zero-order valence-corrected chi connectivity index (χ0v) is 16.3. The Morgan fingerprint density at radius 2 is 1.89 bits per heavy atom. The van der Waals surface area contributed by atoms with Gasteiger partial charge in [-0.1, -0.05) is 24.3 Å². The number of fused-ring (bicyclic) bond motifs is 2. The van der Waals surface area contributed by atoms with Crippen LogP contribution in [0.5, 0.6) is 5.75 Å². The van der Waals surface area contributed by atoms with Gasteiger partial charge in [0.1, 0.15) is 5.75 Å². The van der Waals surface area contributed by atoms with Crippen molar-refractivity contribution in [2.24, 2.45) is 0 Å². The van der Waals surface area contributed by atoms with Gasteiger partial charge in [-0.05, 0) is 74.4 Å². The number of anilines is 1. The van der Waals surface area contributed by atoms with Gasteiger partial charge < -0.3 is 14.4 Å². The molecule has 0 aromatic heterocycles. The van der Waals surface area contributed by atoms with Crippen molar-refractivity contribution in [3.8, 4) is 5.75 Å². The molecule has 0 spiro atoms. The smallest absolute Gasteiger partial charge is 0.344 e. The maximum Gasteiger partial charge on any atom is 0.344 e. The molecule has 2 aromatic carbocycles. The Balaban J connectivity index is 1.33. The third-order valence-electron chi connectivity index (χ3n) is 5.53. The molecule has 5 heteroatoms. The number of carbonyl (C=O) groups is 2. The third kappa shape index (κ3) is 3.61. The molecule has 0 saturated heterocycles. The minimum atomic E-state index is -0.857. The van der Waals surface area contributed by atoms with Crippen LogP contribution in [0.3, 0.4) is 0 Å². The molecule has 2 aliphatic rings. The number of para-hydroxylation sites is 1. The third-order valence-corrected chi connectivity index (χ3v) is 5.53. The van der Waals surface area contributed by atoms with Gasteiger partial charge >= 0.3 is 5.97 Å². The van der Waals surface area contributed by atoms with Crippen LogP contribution in [0.4, 0.5) is 5.69 Å². The lowest BCUT2D eigenvalue weighted by Gasteiger charge is -2.25. The molecule has 4 rings (SSSR count). The Bertz CT molecular complexity index is 907. The van der Waals surface area contributed by atoms with E-state index in [0.29, 0.717) is 5.75 Å². The summed E-state index contributed by atoms with van der Waals surface area (Å²) in [6.45, 7) is 3.41. The van der Waals surface area contributed by atoms with E-state index in [1.807, 2.05) is 43.3 Å². The topological polar surface area (TPSA) is 55.8 Å². The molecule has 1 amide bonds. The number of aryl methyl sites for hydroxylation is 2. The van der Waals surface area contributed by atoms with Crippen molar-refractivity contribution < 1.29 is 19.1 Å². The Hall–Kier alpha value is -2.82. The highest BCUT2D eigenvalue weighted by Gasteiger charge is 2.34. The largest absolute Gasteiger partial charge is 0.482 e. The van der Waals surface area contributed by atoms with Crippen LogP contribution in [0.25, 0.3) is 0 Å². The van der Waals surface area contributed by atoms with Crippen LogP contribution in [0, 0.1) is 0 Å². The fourth-order valence-corrected chi connectivity index (χ4v) is 4.16. The molecule has 0 saturated carbocycles. The maximum absolute atomic E-state index is 12.9. The minimum absolute atomic E-state index is 0.0497. The van der Waals surface area contributed by atoms with Gasteiger partial charge in [-0.3, -0.25) is 4.79 Å². The Morgan fingerprint density at radius 3 is 2.75 bits per heavy atom. The van der Waals surface area contributed by atoms with Crippen molar-refractivity contribution in [2.75, 3.05) is 11.5 Å². The molecule has 1 heterocycles. The lowest BCUT2D eigenvalue weighted by molar-refractivity contribution is -0.155. The van der Waals surface area contributed by atoms with Crippen molar-refractivity contribution in [2.45, 2.75) is 51.7 Å². The molecule has 28 heavy (non-hydrogen) atoms. The first-order chi connectivity index (χ1) is 13.5. The normalized spacial score (nSPS) is 18.4. The van der Waals surface area contributed by atoms with Crippen molar-refractivity contribution in [1.82, 2.24) is 0 Å². The number of rotatable bonds is 5. The van der Waals surface area contributed by atoms with Crippen LogP contribution in [-0.2, 0) is 33.6 Å². The number of nitrogens with zero attached hydrogens (tertiary/aromatic N) is 1. The fraction of sp³-hybridized carbons (Fsp3) is 0.391. The predicted octanol–water partition coefficient (Wildman–Crippen LogP) is 3.46. The van der Waals surface area contributed by atoms with E-state index in [9.17, 15) is 9.59 Å². The number of esters is 1. The molecule has 0 unspecified atom stereocenters. The summed E-state index contributed by atoms with van der Waals surface area (Å²) in [6.07, 6.45) is 3.28. The van der Waals surface area contributed by atoms with Crippen molar-refractivity contribution in [3.63, 3.8) is 0 Å². The molecular formula is C23H25NO4. The predicted molar refractivity (Wildman–Crippen MR) is 107 cm³/mol. The molecule has 0 radical (unpaired) electrons. The lowest BCUT2D eigenvalue weighted by Crippen LogP contribution is -2.43. The average Bonchev–Trinajstić information content (AvgIpc) is 3.28. The number of amides is 1. The van der Waals surface area contributed by atoms with Gasteiger partial charge in [0.25, 0.3) is 5.91 Å². The molecular weight excluding hydrogens is 354 g/mol. The number of hydrogen-bond donors (Lipinski definition) is 0. The second-order valence-electron chi connectivity index (χ2n) is 7.59. The van der Waals surface area contributed by atoms with Crippen molar-refractivity contribution in [3.05, 3.63) is 59.2 Å². The first-order valence-electron chi connectivity index (χ1n) is 9.88. The Kier molecular flexibility index (Phi) is 5.07. The Labute approximate surface area is 165 Å². The van der Waals surface area contributed by atoms with E-state index in [4.69, 9.17) is 9.47 Å². The zero-order valence-electron chi connectivity index (χ0n) is 16.3. The summed E-state index contributed by atoms with van der Waals surface area (Å²) >= 11 is 0. The second kappa shape index (κ2) is 7.66. The van der Waals surface area contributed by atoms with Crippen LogP contribution >= 0.6 is 0 Å². The highest BCUT2D eigenvalue weighted by atomic mass is 16.6. The molecule has 1 aliphatic heterocycles. The van der Waals surface area contributed by atoms with Gasteiger partial charge in [0.15, 0.2) is 12.7 Å². The quantitative estimate of drug-likeness (QED) is 0.747. The molecule has 0 bridgehead atoms. The second-order valence-corrected chi connectivity index (χ2v) is 7.59. The molecule has 146 valence electrons. The first-order valence-corrected chi connectivity index (χ1v) is 9.88. The highest BCUT2D eigenvalue weighted by Crippen LogP contribution is 2.32. The van der Waals surface area contributed by atoms with Crippen molar-refractivity contribution in [1.29, 1.82) is 0 Å². The van der Waals surface area contributed by atoms with Gasteiger partial charge in [0, 0.05) is 11.7 Å². The number of ether oxygens (including phenoxy) is 2. The van der Waals surface area contributed by atoms with Crippen LogP contribution in [0.1, 0.15) is 37.0 Å². The van der Waals surface area contributed by atoms with Crippen LogP contribution < -0.4 is 9.64 Å².